The van der Waals surface area contributed by atoms with Crippen LogP contribution >= 0.6 is 0 Å². The van der Waals surface area contributed by atoms with E-state index in [2.05, 4.69) is 88.2 Å². The van der Waals surface area contributed by atoms with Crippen molar-refractivity contribution in [1.82, 2.24) is 20.5 Å². The molecule has 0 saturated carbocycles. The number of unbranched alkanes of at least 4 members (excludes halogenated alkanes) is 2. The molecule has 1 aliphatic rings. The first-order valence-electron chi connectivity index (χ1n) is 20.0. The Morgan fingerprint density at radius 1 is 0.833 bits per heavy atom. The third-order valence-electron chi connectivity index (χ3n) is 8.83. The molecular weight excluding hydrogens is 681 g/mol. The van der Waals surface area contributed by atoms with Crippen LogP contribution in [0.4, 0.5) is 0 Å². The summed E-state index contributed by atoms with van der Waals surface area (Å²) < 4.78 is 5.20. The Kier molecular flexibility index (Phi) is 26.6. The fourth-order valence-corrected chi connectivity index (χ4v) is 5.68. The van der Waals surface area contributed by atoms with Crippen LogP contribution in [0, 0.1) is 0 Å². The van der Waals surface area contributed by atoms with Gasteiger partial charge in [0.2, 0.25) is 11.8 Å². The minimum Gasteiger partial charge on any atom is -0.456 e. The maximum absolute atomic E-state index is 12.8. The highest BCUT2D eigenvalue weighted by molar-refractivity contribution is 5.84. The summed E-state index contributed by atoms with van der Waals surface area (Å²) in [5.41, 5.74) is 2.03. The number of amides is 2. The predicted molar refractivity (Wildman–Crippen MR) is 218 cm³/mol. The van der Waals surface area contributed by atoms with Gasteiger partial charge in [0.25, 0.3) is 0 Å². The summed E-state index contributed by atoms with van der Waals surface area (Å²) >= 11 is 0. The summed E-state index contributed by atoms with van der Waals surface area (Å²) in [5.74, 6) is -1.06. The lowest BCUT2D eigenvalue weighted by molar-refractivity contribution is -0.157. The quantitative estimate of drug-likeness (QED) is 0.0403. The van der Waals surface area contributed by atoms with Gasteiger partial charge in [0, 0.05) is 44.2 Å². The Labute approximate surface area is 324 Å². The first-order chi connectivity index (χ1) is 26.4. The molecule has 0 bridgehead atoms. The molecule has 2 heterocycles. The van der Waals surface area contributed by atoms with E-state index in [1.807, 2.05) is 30.5 Å². The monoisotopic (exact) mass is 746 g/mol. The van der Waals surface area contributed by atoms with Crippen molar-refractivity contribution in [2.45, 2.75) is 115 Å². The largest absolute Gasteiger partial charge is 0.456 e. The number of aliphatic hydroxyl groups is 2. The molecule has 54 heavy (non-hydrogen) atoms. The molecule has 4 N–H and O–H groups in total. The highest BCUT2D eigenvalue weighted by Crippen LogP contribution is 2.10. The Bertz CT molecular complexity index is 1340. The molecule has 2 rings (SSSR count). The summed E-state index contributed by atoms with van der Waals surface area (Å²) in [5, 5.41) is 24.4. The minimum absolute atomic E-state index is 0.105. The average molecular weight is 747 g/mol. The molecule has 0 aliphatic carbocycles. The van der Waals surface area contributed by atoms with Crippen molar-refractivity contribution >= 4 is 23.9 Å². The Morgan fingerprint density at radius 2 is 1.48 bits per heavy atom. The number of carbonyl (C=O) groups is 3. The molecule has 1 fully saturated rings. The zero-order valence-electron chi connectivity index (χ0n) is 32.6. The van der Waals surface area contributed by atoms with Crippen LogP contribution in [0.1, 0.15) is 108 Å². The summed E-state index contributed by atoms with van der Waals surface area (Å²) in [6.45, 7) is 4.94. The fourth-order valence-electron chi connectivity index (χ4n) is 5.68. The number of hydrogen-bond acceptors (Lipinski definition) is 8. The van der Waals surface area contributed by atoms with E-state index in [0.29, 0.717) is 32.2 Å². The van der Waals surface area contributed by atoms with Gasteiger partial charge in [0.05, 0.1) is 13.2 Å². The van der Waals surface area contributed by atoms with E-state index in [4.69, 9.17) is 4.74 Å². The average Bonchev–Trinajstić information content (AvgIpc) is 3.71. The normalized spacial score (nSPS) is 14.6. The van der Waals surface area contributed by atoms with Gasteiger partial charge in [-0.2, -0.15) is 0 Å². The summed E-state index contributed by atoms with van der Waals surface area (Å²) in [4.78, 5) is 44.9. The number of esters is 1. The number of carbonyl (C=O) groups excluding carboxylic acids is 3. The van der Waals surface area contributed by atoms with Gasteiger partial charge in [-0.15, -0.1) is 0 Å². The lowest BCUT2D eigenvalue weighted by Crippen LogP contribution is -2.44. The first kappa shape index (κ1) is 46.0. The van der Waals surface area contributed by atoms with E-state index in [1.165, 1.54) is 25.9 Å². The topological polar surface area (TPSA) is 141 Å². The molecule has 1 atom stereocenters. The molecule has 10 nitrogen and oxygen atoms in total. The van der Waals surface area contributed by atoms with Gasteiger partial charge in [0.1, 0.15) is 12.1 Å². The molecule has 1 aliphatic heterocycles. The van der Waals surface area contributed by atoms with Crippen molar-refractivity contribution in [3.05, 3.63) is 96.4 Å². The van der Waals surface area contributed by atoms with Gasteiger partial charge in [0.15, 0.2) is 0 Å². The third-order valence-corrected chi connectivity index (χ3v) is 8.83. The second-order valence-corrected chi connectivity index (χ2v) is 13.5. The molecule has 1 aromatic heterocycles. The first-order valence-corrected chi connectivity index (χ1v) is 20.0. The van der Waals surface area contributed by atoms with Crippen molar-refractivity contribution in [3.63, 3.8) is 0 Å². The van der Waals surface area contributed by atoms with Gasteiger partial charge in [-0.25, -0.2) is 4.79 Å². The number of aliphatic hydroxyl groups excluding tert-OH is 2. The van der Waals surface area contributed by atoms with Crippen LogP contribution in [0.25, 0.3) is 6.08 Å². The third kappa shape index (κ3) is 23.5. The number of pyridine rings is 1. The second-order valence-electron chi connectivity index (χ2n) is 13.5. The number of allylic oxidation sites excluding steroid dienone is 10. The standard InChI is InChI=1S/C44H66N4O6/c1-2-3-4-5-6-7-8-9-10-11-12-13-14-15-16-17-18-26-43(52)47-41(44(53)54-40(36-49)37-50)25-19-20-31-45-42(51)27-23-24-38-28-29-39(46-35-38)30-34-48-32-21-22-33-48/h3-4,6-7,9-10,12-13,15-16,23-24,28-29,35,40-41,49-50H,2,5,8,11,14,17-22,25-27,30-34,36-37H2,1H3,(H,45,51)(H,47,52)/t41-/m0/s1. The number of ether oxygens (including phenoxy) is 1. The highest BCUT2D eigenvalue weighted by Gasteiger charge is 2.24. The Morgan fingerprint density at radius 3 is 2.09 bits per heavy atom. The predicted octanol–water partition coefficient (Wildman–Crippen LogP) is 6.71. The maximum atomic E-state index is 12.8. The van der Waals surface area contributed by atoms with Crippen LogP contribution in [0.15, 0.2) is 85.2 Å². The van der Waals surface area contributed by atoms with Crippen molar-refractivity contribution in [1.29, 1.82) is 0 Å². The van der Waals surface area contributed by atoms with E-state index in [1.54, 1.807) is 0 Å². The molecule has 0 aromatic carbocycles. The van der Waals surface area contributed by atoms with Gasteiger partial charge in [-0.1, -0.05) is 85.9 Å². The van der Waals surface area contributed by atoms with Crippen LogP contribution in [0.2, 0.25) is 0 Å². The number of nitrogens with one attached hydrogen (secondary N) is 2. The van der Waals surface area contributed by atoms with E-state index in [0.717, 1.165) is 62.7 Å². The SMILES string of the molecule is CCC=CCC=CCC=CCC=CCC=CCCCC(=O)N[C@@H](CCCCNC(=O)CC=Cc1ccc(CCN2CCCC2)nc1)C(=O)OC(CO)CO. The second kappa shape index (κ2) is 31.3. The Balaban J connectivity index is 1.63. The van der Waals surface area contributed by atoms with Crippen molar-refractivity contribution in [2.24, 2.45) is 0 Å². The zero-order valence-corrected chi connectivity index (χ0v) is 32.6. The van der Waals surface area contributed by atoms with Crippen LogP contribution in [0.5, 0.6) is 0 Å². The maximum Gasteiger partial charge on any atom is 0.329 e. The van der Waals surface area contributed by atoms with Gasteiger partial charge in [-0.3, -0.25) is 14.6 Å². The van der Waals surface area contributed by atoms with Crippen LogP contribution in [-0.2, 0) is 25.5 Å². The summed E-state index contributed by atoms with van der Waals surface area (Å²) in [7, 11) is 0. The van der Waals surface area contributed by atoms with E-state index in [-0.39, 0.29) is 24.7 Å². The molecule has 298 valence electrons. The van der Waals surface area contributed by atoms with Crippen LogP contribution in [0.3, 0.4) is 0 Å². The number of nitrogens with zero attached hydrogens (tertiary/aromatic N) is 2. The number of likely N-dealkylation sites (tertiary alicyclic amines) is 1. The minimum atomic E-state index is -1.05. The molecule has 10 heteroatoms. The van der Waals surface area contributed by atoms with E-state index in [9.17, 15) is 24.6 Å². The molecule has 2 amide bonds. The lowest BCUT2D eigenvalue weighted by atomic mass is 10.1. The highest BCUT2D eigenvalue weighted by atomic mass is 16.6. The fraction of sp³-hybridized carbons (Fsp3) is 0.545. The van der Waals surface area contributed by atoms with Gasteiger partial charge in [-0.05, 0) is 102 Å². The molecule has 1 saturated heterocycles. The molecule has 1 aromatic rings. The smallest absolute Gasteiger partial charge is 0.329 e. The van der Waals surface area contributed by atoms with Crippen molar-refractivity contribution < 1.29 is 29.3 Å². The molecule has 0 radical (unpaired) electrons. The van der Waals surface area contributed by atoms with E-state index >= 15 is 0 Å². The Hall–Kier alpha value is -4.12. The van der Waals surface area contributed by atoms with Crippen molar-refractivity contribution in [3.8, 4) is 0 Å². The summed E-state index contributed by atoms with van der Waals surface area (Å²) in [6, 6.07) is 3.16. The van der Waals surface area contributed by atoms with E-state index < -0.39 is 31.3 Å². The lowest BCUT2D eigenvalue weighted by Gasteiger charge is -2.20. The van der Waals surface area contributed by atoms with Crippen LogP contribution < -0.4 is 10.6 Å². The van der Waals surface area contributed by atoms with Gasteiger partial charge >= 0.3 is 5.97 Å². The number of aromatic nitrogens is 1. The van der Waals surface area contributed by atoms with Crippen LogP contribution in [-0.4, -0.2) is 89.4 Å². The number of hydrogen-bond donors (Lipinski definition) is 4. The molecular formula is C44H66N4O6. The molecule has 0 spiro atoms. The van der Waals surface area contributed by atoms with Crippen molar-refractivity contribution in [2.75, 3.05) is 39.4 Å². The zero-order chi connectivity index (χ0) is 38.9. The summed E-state index contributed by atoms with van der Waals surface area (Å²) in [6.07, 6.45) is 37.5. The number of rotatable bonds is 29. The van der Waals surface area contributed by atoms with Gasteiger partial charge < -0.3 is 30.5 Å². The molecule has 0 unspecified atom stereocenters.